The summed E-state index contributed by atoms with van der Waals surface area (Å²) in [6.07, 6.45) is 1.62. The van der Waals surface area contributed by atoms with Crippen LogP contribution in [0.25, 0.3) is 0 Å². The van der Waals surface area contributed by atoms with Gasteiger partial charge >= 0.3 is 11.9 Å². The highest BCUT2D eigenvalue weighted by Crippen LogP contribution is 2.10. The average Bonchev–Trinajstić information content (AvgIpc) is 2.36. The molecule has 0 saturated carbocycles. The van der Waals surface area contributed by atoms with Gasteiger partial charge in [-0.2, -0.15) is 0 Å². The number of ether oxygens (including phenoxy) is 1. The minimum atomic E-state index is -0.585. The molecule has 0 fully saturated rings. The van der Waals surface area contributed by atoms with E-state index in [4.69, 9.17) is 14.0 Å². The van der Waals surface area contributed by atoms with Crippen LogP contribution in [0.3, 0.4) is 0 Å². The van der Waals surface area contributed by atoms with Crippen LogP contribution in [0.2, 0.25) is 0 Å². The molecule has 1 N–H and O–H groups in total. The molecule has 0 spiro atoms. The molecule has 92 valence electrons. The van der Waals surface area contributed by atoms with Crippen molar-refractivity contribution in [2.24, 2.45) is 0 Å². The molecule has 0 unspecified atom stereocenters. The van der Waals surface area contributed by atoms with Crippen molar-refractivity contribution in [3.8, 4) is 0 Å². The third kappa shape index (κ3) is 4.08. The predicted molar refractivity (Wildman–Crippen MR) is 62.7 cm³/mol. The Hall–Kier alpha value is -1.53. The number of esters is 1. The van der Waals surface area contributed by atoms with Crippen LogP contribution >= 0.6 is 12.0 Å². The van der Waals surface area contributed by atoms with Crippen molar-refractivity contribution in [1.82, 2.24) is 0 Å². The number of carbonyl (C=O) groups excluding carboxylic acids is 2. The maximum Gasteiger partial charge on any atom is 0.350 e. The molecular formula is C11H12O5S. The van der Waals surface area contributed by atoms with E-state index in [1.165, 1.54) is 12.1 Å². The molecule has 17 heavy (non-hydrogen) atoms. The summed E-state index contributed by atoms with van der Waals surface area (Å²) in [7, 11) is 0. The third-order valence-electron chi connectivity index (χ3n) is 1.82. The summed E-state index contributed by atoms with van der Waals surface area (Å²) < 4.78 is 9.46. The van der Waals surface area contributed by atoms with Crippen LogP contribution in [0.15, 0.2) is 24.3 Å². The number of aliphatic hydroxyl groups is 1. The van der Waals surface area contributed by atoms with Gasteiger partial charge in [0.2, 0.25) is 0 Å². The lowest BCUT2D eigenvalue weighted by Gasteiger charge is -2.04. The summed E-state index contributed by atoms with van der Waals surface area (Å²) in [4.78, 5) is 22.8. The normalized spacial score (nSPS) is 9.76. The number of hydrogen-bond donors (Lipinski definition) is 1. The highest BCUT2D eigenvalue weighted by atomic mass is 32.2. The van der Waals surface area contributed by atoms with E-state index in [0.717, 1.165) is 12.0 Å². The smallest absolute Gasteiger partial charge is 0.350 e. The Morgan fingerprint density at radius 2 is 1.94 bits per heavy atom. The summed E-state index contributed by atoms with van der Waals surface area (Å²) in [6.45, 7) is -0.307. The van der Waals surface area contributed by atoms with Gasteiger partial charge in [0.1, 0.15) is 6.61 Å². The van der Waals surface area contributed by atoms with Crippen LogP contribution in [0, 0.1) is 0 Å². The maximum absolute atomic E-state index is 11.4. The second-order valence-electron chi connectivity index (χ2n) is 2.98. The van der Waals surface area contributed by atoms with Crippen LogP contribution in [0.1, 0.15) is 20.7 Å². The largest absolute Gasteiger partial charge is 0.460 e. The zero-order chi connectivity index (χ0) is 12.7. The SMILES string of the molecule is CSOC(=O)c1cccc(C(=O)OCCO)c1. The minimum Gasteiger partial charge on any atom is -0.460 e. The first-order valence-corrected chi connectivity index (χ1v) is 5.97. The third-order valence-corrected chi connectivity index (χ3v) is 2.14. The molecule has 0 aliphatic heterocycles. The molecule has 0 aliphatic carbocycles. The summed E-state index contributed by atoms with van der Waals surface area (Å²) in [5.74, 6) is -1.10. The highest BCUT2D eigenvalue weighted by molar-refractivity contribution is 7.94. The van der Waals surface area contributed by atoms with Gasteiger partial charge in [-0.25, -0.2) is 9.59 Å². The lowest BCUT2D eigenvalue weighted by atomic mass is 10.1. The Kier molecular flexibility index (Phi) is 5.51. The Morgan fingerprint density at radius 1 is 1.29 bits per heavy atom. The number of hydrogen-bond acceptors (Lipinski definition) is 6. The van der Waals surface area contributed by atoms with Gasteiger partial charge in [-0.1, -0.05) is 6.07 Å². The number of carbonyl (C=O) groups is 2. The number of benzene rings is 1. The molecule has 0 saturated heterocycles. The molecule has 0 amide bonds. The Balaban J connectivity index is 2.78. The second kappa shape index (κ2) is 6.93. The zero-order valence-electron chi connectivity index (χ0n) is 9.21. The summed E-state index contributed by atoms with van der Waals surface area (Å²) in [6, 6.07) is 6.02. The van der Waals surface area contributed by atoms with Gasteiger partial charge in [0, 0.05) is 6.26 Å². The first-order chi connectivity index (χ1) is 8.19. The molecular weight excluding hydrogens is 244 g/mol. The molecule has 0 heterocycles. The van der Waals surface area contributed by atoms with Crippen LogP contribution < -0.4 is 0 Å². The van der Waals surface area contributed by atoms with E-state index in [2.05, 4.69) is 0 Å². The molecule has 5 nitrogen and oxygen atoms in total. The summed E-state index contributed by atoms with van der Waals surface area (Å²) in [5, 5.41) is 8.52. The van der Waals surface area contributed by atoms with E-state index in [-0.39, 0.29) is 24.3 Å². The van der Waals surface area contributed by atoms with Crippen molar-refractivity contribution in [2.75, 3.05) is 19.5 Å². The first kappa shape index (κ1) is 13.5. The van der Waals surface area contributed by atoms with Crippen molar-refractivity contribution in [3.05, 3.63) is 35.4 Å². The molecule has 1 rings (SSSR count). The fourth-order valence-electron chi connectivity index (χ4n) is 1.12. The fraction of sp³-hybridized carbons (Fsp3) is 0.273. The Morgan fingerprint density at radius 3 is 2.53 bits per heavy atom. The van der Waals surface area contributed by atoms with Gasteiger partial charge in [0.25, 0.3) is 0 Å². The molecule has 1 aromatic rings. The van der Waals surface area contributed by atoms with Gasteiger partial charge in [-0.3, -0.25) is 0 Å². The van der Waals surface area contributed by atoms with E-state index in [1.54, 1.807) is 18.4 Å². The van der Waals surface area contributed by atoms with E-state index < -0.39 is 11.9 Å². The minimum absolute atomic E-state index is 0.0711. The fourth-order valence-corrected chi connectivity index (χ4v) is 1.37. The molecule has 0 radical (unpaired) electrons. The van der Waals surface area contributed by atoms with Gasteiger partial charge < -0.3 is 14.0 Å². The van der Waals surface area contributed by atoms with E-state index >= 15 is 0 Å². The van der Waals surface area contributed by atoms with Crippen molar-refractivity contribution in [1.29, 1.82) is 0 Å². The summed E-state index contributed by atoms with van der Waals surface area (Å²) >= 11 is 0.934. The van der Waals surface area contributed by atoms with E-state index in [1.807, 2.05) is 0 Å². The maximum atomic E-state index is 11.4. The van der Waals surface area contributed by atoms with Crippen molar-refractivity contribution < 1.29 is 23.6 Å². The van der Waals surface area contributed by atoms with Gasteiger partial charge in [0.05, 0.1) is 29.8 Å². The van der Waals surface area contributed by atoms with Gasteiger partial charge in [-0.05, 0) is 18.2 Å². The average molecular weight is 256 g/mol. The van der Waals surface area contributed by atoms with Gasteiger partial charge in [0.15, 0.2) is 0 Å². The van der Waals surface area contributed by atoms with Crippen LogP contribution in [-0.2, 0) is 8.92 Å². The van der Waals surface area contributed by atoms with Gasteiger partial charge in [-0.15, -0.1) is 0 Å². The first-order valence-electron chi connectivity index (χ1n) is 4.82. The van der Waals surface area contributed by atoms with Crippen LogP contribution in [0.4, 0.5) is 0 Å². The molecule has 0 aromatic heterocycles. The molecule has 0 bridgehead atoms. The highest BCUT2D eigenvalue weighted by Gasteiger charge is 2.12. The second-order valence-corrected chi connectivity index (χ2v) is 3.48. The molecule has 1 aromatic carbocycles. The van der Waals surface area contributed by atoms with E-state index in [0.29, 0.717) is 0 Å². The Labute approximate surface area is 103 Å². The standard InChI is InChI=1S/C11H12O5S/c1-17-16-11(14)9-4-2-3-8(7-9)10(13)15-6-5-12/h2-4,7,12H,5-6H2,1H3. The molecule has 0 atom stereocenters. The van der Waals surface area contributed by atoms with Crippen molar-refractivity contribution in [2.45, 2.75) is 0 Å². The lowest BCUT2D eigenvalue weighted by molar-refractivity contribution is 0.0433. The quantitative estimate of drug-likeness (QED) is 0.632. The summed E-state index contributed by atoms with van der Waals surface area (Å²) in [5.41, 5.74) is 0.520. The number of rotatable bonds is 5. The molecule has 6 heteroatoms. The Bertz CT molecular complexity index is 405. The molecule has 0 aliphatic rings. The monoisotopic (exact) mass is 256 g/mol. The lowest BCUT2D eigenvalue weighted by Crippen LogP contribution is -2.10. The topological polar surface area (TPSA) is 72.8 Å². The number of aliphatic hydroxyl groups excluding tert-OH is 1. The zero-order valence-corrected chi connectivity index (χ0v) is 10.0. The van der Waals surface area contributed by atoms with Crippen LogP contribution in [0.5, 0.6) is 0 Å². The van der Waals surface area contributed by atoms with Crippen molar-refractivity contribution in [3.63, 3.8) is 0 Å². The van der Waals surface area contributed by atoms with Crippen LogP contribution in [-0.4, -0.2) is 36.5 Å². The van der Waals surface area contributed by atoms with E-state index in [9.17, 15) is 9.59 Å². The predicted octanol–water partition coefficient (Wildman–Crippen LogP) is 1.27. The van der Waals surface area contributed by atoms with Crippen molar-refractivity contribution >= 4 is 24.0 Å².